The van der Waals surface area contributed by atoms with Gasteiger partial charge in [0.05, 0.1) is 12.0 Å². The summed E-state index contributed by atoms with van der Waals surface area (Å²) >= 11 is 0. The number of nitrogens with zero attached hydrogens (tertiary/aromatic N) is 2. The van der Waals surface area contributed by atoms with E-state index in [4.69, 9.17) is 0 Å². The Hall–Kier alpha value is -2.98. The number of alkyl halides is 5. The molecule has 0 aromatic rings. The van der Waals surface area contributed by atoms with Gasteiger partial charge in [-0.05, 0) is 44.4 Å². The number of hydrogen-bond acceptors (Lipinski definition) is 5. The number of rotatable bonds is 8. The maximum atomic E-state index is 14.9. The summed E-state index contributed by atoms with van der Waals surface area (Å²) in [5, 5.41) is 16.4. The zero-order chi connectivity index (χ0) is 27.8. The maximum absolute atomic E-state index is 14.9. The number of carbonyl (C=O) groups is 4. The minimum atomic E-state index is -5.25. The molecule has 3 N–H and O–H groups in total. The lowest BCUT2D eigenvalue weighted by Gasteiger charge is -2.54. The minimum absolute atomic E-state index is 0.0504. The van der Waals surface area contributed by atoms with E-state index in [0.29, 0.717) is 32.2 Å². The van der Waals surface area contributed by atoms with Crippen LogP contribution in [0.1, 0.15) is 57.8 Å². The summed E-state index contributed by atoms with van der Waals surface area (Å²) in [5.41, 5.74) is 0. The fourth-order valence-corrected chi connectivity index (χ4v) is 5.90. The van der Waals surface area contributed by atoms with E-state index < -0.39 is 72.2 Å². The Morgan fingerprint density at radius 3 is 2.39 bits per heavy atom. The fourth-order valence-electron chi connectivity index (χ4n) is 5.90. The second kappa shape index (κ2) is 10.6. The van der Waals surface area contributed by atoms with Crippen LogP contribution in [0.25, 0.3) is 0 Å². The number of carbonyl (C=O) groups excluding carboxylic acids is 4. The molecule has 0 aromatic heterocycles. The van der Waals surface area contributed by atoms with Crippen LogP contribution in [-0.2, 0) is 19.2 Å². The normalized spacial score (nSPS) is 30.0. The van der Waals surface area contributed by atoms with Crippen molar-refractivity contribution in [3.63, 3.8) is 0 Å². The van der Waals surface area contributed by atoms with E-state index in [9.17, 15) is 46.4 Å². The number of fused-ring (bicyclic) bond motifs is 3. The molecule has 5 rings (SSSR count). The number of piperidine rings is 3. The quantitative estimate of drug-likeness (QED) is 0.399. The molecule has 9 nitrogen and oxygen atoms in total. The Labute approximate surface area is 215 Å². The number of nitriles is 1. The molecule has 0 unspecified atom stereocenters. The molecule has 2 bridgehead atoms. The second-order valence-corrected chi connectivity index (χ2v) is 10.8. The van der Waals surface area contributed by atoms with Crippen LogP contribution in [-0.4, -0.2) is 71.3 Å². The first kappa shape index (κ1) is 28.0. The standard InChI is InChI=1S/C24H30F5N5O4/c25-23(26)10-15-5-6-16(23)18(20(36)32-14(11-30)9-13-2-1-7-31-19(13)35)34(15)21(37)17(8-12-3-4-12)33-22(38)24(27,28)29/h12-18H,1-10H2,(H,31,35)(H,32,36)(H,33,38)/t13-,14+,15-,16-,17-,18-/m0/s1. The summed E-state index contributed by atoms with van der Waals surface area (Å²) in [6.45, 7) is 0.489. The highest BCUT2D eigenvalue weighted by atomic mass is 19.4. The van der Waals surface area contributed by atoms with Gasteiger partial charge in [-0.25, -0.2) is 8.78 Å². The lowest BCUT2D eigenvalue weighted by Crippen LogP contribution is -2.71. The van der Waals surface area contributed by atoms with E-state index in [1.54, 1.807) is 5.32 Å². The molecule has 0 radical (unpaired) electrons. The van der Waals surface area contributed by atoms with Gasteiger partial charge in [-0.15, -0.1) is 0 Å². The molecule has 14 heteroatoms. The Balaban J connectivity index is 1.56. The van der Waals surface area contributed by atoms with Crippen LogP contribution in [0.3, 0.4) is 0 Å². The molecule has 6 atom stereocenters. The van der Waals surface area contributed by atoms with E-state index in [1.807, 2.05) is 6.07 Å². The van der Waals surface area contributed by atoms with Crippen LogP contribution in [0.5, 0.6) is 0 Å². The first-order valence-corrected chi connectivity index (χ1v) is 12.9. The van der Waals surface area contributed by atoms with Crippen molar-refractivity contribution in [3.8, 4) is 6.07 Å². The predicted molar refractivity (Wildman–Crippen MR) is 120 cm³/mol. The molecule has 2 aliphatic carbocycles. The highest BCUT2D eigenvalue weighted by molar-refractivity contribution is 5.94. The zero-order valence-electron chi connectivity index (χ0n) is 20.5. The first-order valence-electron chi connectivity index (χ1n) is 12.9. The van der Waals surface area contributed by atoms with Gasteiger partial charge < -0.3 is 20.9 Å². The van der Waals surface area contributed by atoms with Crippen LogP contribution in [0.15, 0.2) is 0 Å². The largest absolute Gasteiger partial charge is 0.471 e. The van der Waals surface area contributed by atoms with Crippen molar-refractivity contribution < 1.29 is 41.1 Å². The first-order chi connectivity index (χ1) is 17.8. The van der Waals surface area contributed by atoms with Crippen molar-refractivity contribution in [2.24, 2.45) is 17.8 Å². The van der Waals surface area contributed by atoms with Crippen molar-refractivity contribution in [2.75, 3.05) is 6.54 Å². The van der Waals surface area contributed by atoms with Gasteiger partial charge in [-0.1, -0.05) is 12.8 Å². The topological polar surface area (TPSA) is 131 Å². The molecule has 210 valence electrons. The Morgan fingerprint density at radius 2 is 1.82 bits per heavy atom. The molecule has 3 saturated heterocycles. The average molecular weight is 548 g/mol. The van der Waals surface area contributed by atoms with Gasteiger partial charge in [0.1, 0.15) is 18.1 Å². The van der Waals surface area contributed by atoms with Crippen molar-refractivity contribution in [1.82, 2.24) is 20.9 Å². The Bertz CT molecular complexity index is 1010. The van der Waals surface area contributed by atoms with E-state index in [-0.39, 0.29) is 37.5 Å². The molecule has 38 heavy (non-hydrogen) atoms. The summed E-state index contributed by atoms with van der Waals surface area (Å²) in [6, 6.07) is -3.81. The predicted octanol–water partition coefficient (Wildman–Crippen LogP) is 1.77. The third kappa shape index (κ3) is 6.02. The molecule has 4 amide bonds. The van der Waals surface area contributed by atoms with Gasteiger partial charge in [-0.3, -0.25) is 19.2 Å². The van der Waals surface area contributed by atoms with Gasteiger partial charge in [0.2, 0.25) is 17.7 Å². The highest BCUT2D eigenvalue weighted by Gasteiger charge is 2.61. The second-order valence-electron chi connectivity index (χ2n) is 10.8. The zero-order valence-corrected chi connectivity index (χ0v) is 20.5. The van der Waals surface area contributed by atoms with E-state index in [2.05, 4.69) is 10.6 Å². The number of hydrogen-bond donors (Lipinski definition) is 3. The summed E-state index contributed by atoms with van der Waals surface area (Å²) in [7, 11) is 0. The van der Waals surface area contributed by atoms with Crippen LogP contribution < -0.4 is 16.0 Å². The van der Waals surface area contributed by atoms with Gasteiger partial charge >= 0.3 is 12.1 Å². The molecular weight excluding hydrogens is 517 g/mol. The van der Waals surface area contributed by atoms with Crippen molar-refractivity contribution in [3.05, 3.63) is 0 Å². The molecule has 3 heterocycles. The SMILES string of the molecule is N#C[C@@H](C[C@@H]1CCCNC1=O)NC(=O)[C@@H]1[C@@H]2CC[C@@H](CC2(F)F)N1C(=O)[C@H](CC1CC1)NC(=O)C(F)(F)F. The molecule has 2 saturated carbocycles. The summed E-state index contributed by atoms with van der Waals surface area (Å²) in [4.78, 5) is 51.6. The van der Waals surface area contributed by atoms with Gasteiger partial charge in [0, 0.05) is 24.9 Å². The molecular formula is C24H30F5N5O4. The summed E-state index contributed by atoms with van der Waals surface area (Å²) < 4.78 is 68.8. The average Bonchev–Trinajstić information content (AvgIpc) is 3.66. The van der Waals surface area contributed by atoms with E-state index in [1.165, 1.54) is 0 Å². The van der Waals surface area contributed by atoms with Gasteiger partial charge in [-0.2, -0.15) is 18.4 Å². The Kier molecular flexibility index (Phi) is 7.86. The highest BCUT2D eigenvalue weighted by Crippen LogP contribution is 2.49. The van der Waals surface area contributed by atoms with Gasteiger partial charge in [0.15, 0.2) is 0 Å². The van der Waals surface area contributed by atoms with Crippen LogP contribution in [0.4, 0.5) is 22.0 Å². The molecule has 3 aliphatic heterocycles. The van der Waals surface area contributed by atoms with E-state index >= 15 is 0 Å². The monoisotopic (exact) mass is 547 g/mol. The number of amides is 4. The summed E-state index contributed by atoms with van der Waals surface area (Å²) in [6.07, 6.45) is -3.65. The molecule has 0 spiro atoms. The Morgan fingerprint density at radius 1 is 1.11 bits per heavy atom. The van der Waals surface area contributed by atoms with Crippen LogP contribution >= 0.6 is 0 Å². The molecule has 0 aromatic carbocycles. The van der Waals surface area contributed by atoms with E-state index in [0.717, 1.165) is 4.90 Å². The molecule has 5 fully saturated rings. The summed E-state index contributed by atoms with van der Waals surface area (Å²) in [5.74, 6) is -10.2. The molecule has 5 aliphatic rings. The van der Waals surface area contributed by atoms with Crippen molar-refractivity contribution in [1.29, 1.82) is 5.26 Å². The number of halogens is 5. The maximum Gasteiger partial charge on any atom is 0.471 e. The van der Waals surface area contributed by atoms with Crippen LogP contribution in [0, 0.1) is 29.1 Å². The lowest BCUT2D eigenvalue weighted by atomic mass is 9.71. The lowest BCUT2D eigenvalue weighted by molar-refractivity contribution is -0.196. The van der Waals surface area contributed by atoms with Gasteiger partial charge in [0.25, 0.3) is 5.92 Å². The third-order valence-electron chi connectivity index (χ3n) is 7.98. The fraction of sp³-hybridized carbons (Fsp3) is 0.792. The smallest absolute Gasteiger partial charge is 0.356 e. The minimum Gasteiger partial charge on any atom is -0.356 e. The van der Waals surface area contributed by atoms with Crippen LogP contribution in [0.2, 0.25) is 0 Å². The van der Waals surface area contributed by atoms with Crippen molar-refractivity contribution >= 4 is 23.6 Å². The number of nitrogens with one attached hydrogen (secondary N) is 3. The van der Waals surface area contributed by atoms with Crippen molar-refractivity contribution in [2.45, 2.75) is 94.1 Å². The third-order valence-corrected chi connectivity index (χ3v) is 7.98.